The summed E-state index contributed by atoms with van der Waals surface area (Å²) < 4.78 is 23.4. The zero-order valence-electron chi connectivity index (χ0n) is 42.4. The van der Waals surface area contributed by atoms with E-state index in [0.29, 0.717) is 58.4 Å². The molecule has 6 saturated heterocycles. The number of nitrogens with zero attached hydrogens (tertiary/aromatic N) is 8. The summed E-state index contributed by atoms with van der Waals surface area (Å²) in [4.78, 5) is 76.6. The van der Waals surface area contributed by atoms with E-state index < -0.39 is 29.6 Å². The van der Waals surface area contributed by atoms with Crippen LogP contribution in [0.15, 0.2) is 54.7 Å². The SMILES string of the molecule is CCc1cccc2cc(O)cc(-c3ncc4c(N5CC6CCC(C5)N6)nc(OCCN5CCC(CC6CCN(CC7CCN(c8cccc9c8C(=O)N(C8CCC(=O)NC8=O)C9=O)CC7)CC6)CC5)nc4c3F)c12. The zero-order chi connectivity index (χ0) is 50.6. The fraction of sp³-hybridized carbons (Fsp3) is 0.526. The molecule has 0 saturated carbocycles. The van der Waals surface area contributed by atoms with Gasteiger partial charge in [0.25, 0.3) is 11.8 Å². The Balaban J connectivity index is 0.621. The Morgan fingerprint density at radius 1 is 0.770 bits per heavy atom. The highest BCUT2D eigenvalue weighted by molar-refractivity contribution is 6.25. The first kappa shape index (κ1) is 48.6. The summed E-state index contributed by atoms with van der Waals surface area (Å²) in [7, 11) is 0. The van der Waals surface area contributed by atoms with Crippen molar-refractivity contribution in [1.29, 1.82) is 0 Å². The van der Waals surface area contributed by atoms with Crippen molar-refractivity contribution in [1.82, 2.24) is 40.3 Å². The number of ether oxygens (including phenoxy) is 1. The van der Waals surface area contributed by atoms with Gasteiger partial charge in [-0.15, -0.1) is 0 Å². The lowest BCUT2D eigenvalue weighted by atomic mass is 9.82. The van der Waals surface area contributed by atoms with Crippen LogP contribution in [0.2, 0.25) is 0 Å². The number of anilines is 2. The van der Waals surface area contributed by atoms with E-state index in [1.807, 2.05) is 30.3 Å². The maximum absolute atomic E-state index is 17.1. The van der Waals surface area contributed by atoms with Crippen molar-refractivity contribution in [3.05, 3.63) is 77.2 Å². The van der Waals surface area contributed by atoms with Crippen LogP contribution in [0.3, 0.4) is 0 Å². The highest BCUT2D eigenvalue weighted by Gasteiger charge is 2.46. The first-order valence-electron chi connectivity index (χ1n) is 27.3. The van der Waals surface area contributed by atoms with Crippen LogP contribution in [0.4, 0.5) is 15.9 Å². The third-order valence-electron chi connectivity index (χ3n) is 17.5. The van der Waals surface area contributed by atoms with Gasteiger partial charge in [0.05, 0.1) is 22.2 Å². The molecule has 2 aromatic heterocycles. The molecule has 74 heavy (non-hydrogen) atoms. The maximum atomic E-state index is 17.1. The molecule has 0 spiro atoms. The number of fused-ring (bicyclic) bond motifs is 5. The van der Waals surface area contributed by atoms with Crippen LogP contribution in [0.5, 0.6) is 11.8 Å². The molecule has 7 aliphatic rings. The van der Waals surface area contributed by atoms with Crippen LogP contribution in [0.25, 0.3) is 32.9 Å². The highest BCUT2D eigenvalue weighted by atomic mass is 19.1. The zero-order valence-corrected chi connectivity index (χ0v) is 42.4. The number of phenols is 1. The molecule has 2 bridgehead atoms. The maximum Gasteiger partial charge on any atom is 0.319 e. The molecule has 388 valence electrons. The Morgan fingerprint density at radius 2 is 1.49 bits per heavy atom. The third-order valence-corrected chi connectivity index (χ3v) is 17.5. The fourth-order valence-electron chi connectivity index (χ4n) is 13.5. The highest BCUT2D eigenvalue weighted by Crippen LogP contribution is 2.41. The number of carbonyl (C=O) groups excluding carboxylic acids is 4. The van der Waals surface area contributed by atoms with Gasteiger partial charge in [-0.3, -0.25) is 39.3 Å². The second-order valence-corrected chi connectivity index (χ2v) is 22.1. The number of piperazine rings is 1. The number of phenolic OH excluding ortho intramolecular Hbond substituents is 1. The smallest absolute Gasteiger partial charge is 0.319 e. The van der Waals surface area contributed by atoms with E-state index in [0.717, 1.165) is 130 Å². The second-order valence-electron chi connectivity index (χ2n) is 22.1. The Hall–Kier alpha value is -6.30. The lowest BCUT2D eigenvalue weighted by molar-refractivity contribution is -0.136. The Kier molecular flexibility index (Phi) is 13.4. The molecule has 3 N–H and O–H groups in total. The van der Waals surface area contributed by atoms with Crippen LogP contribution in [-0.4, -0.2) is 149 Å². The van der Waals surface area contributed by atoms with Crippen molar-refractivity contribution in [3.8, 4) is 23.0 Å². The number of imide groups is 2. The minimum absolute atomic E-state index is 0.0542. The number of carbonyl (C=O) groups is 4. The molecule has 3 aromatic carbocycles. The van der Waals surface area contributed by atoms with Gasteiger partial charge in [-0.1, -0.05) is 31.2 Å². The van der Waals surface area contributed by atoms with Gasteiger partial charge < -0.3 is 29.9 Å². The molecule has 3 atom stereocenters. The summed E-state index contributed by atoms with van der Waals surface area (Å²) >= 11 is 0. The van der Waals surface area contributed by atoms with Gasteiger partial charge in [-0.2, -0.15) is 9.97 Å². The van der Waals surface area contributed by atoms with Crippen LogP contribution in [-0.2, 0) is 16.0 Å². The standard InChI is InChI=1S/C57H67FN10O6/c1-2-37-5-3-6-38-28-41(69)29-43(48(37)38)51-50(58)52-44(30-59-51)53(67-32-39-9-10-40(33-67)60-39)63-57(62-52)74-26-25-64-19-13-34(14-20-64)27-35-15-21-65(22-16-35)31-36-17-23-66(24-18-36)45-8-4-7-42-49(45)56(73)68(55(42)72)46-11-12-47(70)61-54(46)71/h3-8,28-30,34-36,39-40,46,60,69H,2,9-27,31-33H2,1H3,(H,61,70,71). The number of halogens is 1. The first-order chi connectivity index (χ1) is 36.0. The molecule has 7 aliphatic heterocycles. The van der Waals surface area contributed by atoms with Gasteiger partial charge in [0.1, 0.15) is 35.4 Å². The second kappa shape index (κ2) is 20.4. The Labute approximate surface area is 431 Å². The molecule has 0 aliphatic carbocycles. The minimum Gasteiger partial charge on any atom is -0.508 e. The van der Waals surface area contributed by atoms with Crippen molar-refractivity contribution in [2.45, 2.75) is 102 Å². The number of aromatic nitrogens is 3. The number of benzene rings is 3. The largest absolute Gasteiger partial charge is 0.508 e. The topological polar surface area (TPSA) is 177 Å². The van der Waals surface area contributed by atoms with Gasteiger partial charge in [0.15, 0.2) is 5.82 Å². The Morgan fingerprint density at radius 3 is 2.22 bits per heavy atom. The van der Waals surface area contributed by atoms with Crippen molar-refractivity contribution in [2.75, 3.05) is 81.9 Å². The van der Waals surface area contributed by atoms with E-state index in [4.69, 9.17) is 19.7 Å². The van der Waals surface area contributed by atoms with Gasteiger partial charge >= 0.3 is 6.01 Å². The van der Waals surface area contributed by atoms with Crippen molar-refractivity contribution >= 4 is 56.8 Å². The number of pyridine rings is 1. The third kappa shape index (κ3) is 9.44. The van der Waals surface area contributed by atoms with Crippen molar-refractivity contribution in [3.63, 3.8) is 0 Å². The number of hydrogen-bond acceptors (Lipinski definition) is 14. The number of nitrogens with one attached hydrogen (secondary N) is 2. The van der Waals surface area contributed by atoms with E-state index in [2.05, 4.69) is 37.2 Å². The number of aryl methyl sites for hydroxylation is 1. The van der Waals surface area contributed by atoms with Crippen molar-refractivity contribution in [2.24, 2.45) is 17.8 Å². The van der Waals surface area contributed by atoms with E-state index >= 15 is 4.39 Å². The lowest BCUT2D eigenvalue weighted by Crippen LogP contribution is -2.54. The molecule has 0 radical (unpaired) electrons. The van der Waals surface area contributed by atoms with Gasteiger partial charge in [0.2, 0.25) is 11.8 Å². The molecule has 5 aromatic rings. The van der Waals surface area contributed by atoms with Crippen molar-refractivity contribution < 1.29 is 33.4 Å². The predicted octanol–water partition coefficient (Wildman–Crippen LogP) is 6.70. The predicted molar refractivity (Wildman–Crippen MR) is 280 cm³/mol. The normalized spacial score (nSPS) is 23.6. The number of aromatic hydroxyl groups is 1. The lowest BCUT2D eigenvalue weighted by Gasteiger charge is -2.40. The summed E-state index contributed by atoms with van der Waals surface area (Å²) in [6.45, 7) is 11.7. The molecule has 3 unspecified atom stereocenters. The molecule has 12 rings (SSSR count). The molecule has 16 nitrogen and oxygen atoms in total. The summed E-state index contributed by atoms with van der Waals surface area (Å²) in [6, 6.07) is 14.5. The molecular weight excluding hydrogens is 940 g/mol. The number of rotatable bonds is 13. The first-order valence-corrected chi connectivity index (χ1v) is 27.3. The molecule has 9 heterocycles. The van der Waals surface area contributed by atoms with Gasteiger partial charge in [-0.25, -0.2) is 4.39 Å². The van der Waals surface area contributed by atoms with E-state index in [-0.39, 0.29) is 41.7 Å². The monoisotopic (exact) mass is 1010 g/mol. The van der Waals surface area contributed by atoms with Crippen LogP contribution in [0.1, 0.15) is 104 Å². The quantitative estimate of drug-likeness (QED) is 0.106. The van der Waals surface area contributed by atoms with Crippen LogP contribution < -0.4 is 25.2 Å². The average molecular weight is 1010 g/mol. The molecular formula is C57H67FN10O6. The van der Waals surface area contributed by atoms with Crippen LogP contribution >= 0.6 is 0 Å². The van der Waals surface area contributed by atoms with Gasteiger partial charge in [0, 0.05) is 69.5 Å². The Bertz CT molecular complexity index is 2990. The van der Waals surface area contributed by atoms with E-state index in [1.165, 1.54) is 32.1 Å². The summed E-state index contributed by atoms with van der Waals surface area (Å²) in [5, 5.41) is 19.0. The van der Waals surface area contributed by atoms with E-state index in [1.54, 1.807) is 24.4 Å². The van der Waals surface area contributed by atoms with E-state index in [9.17, 15) is 24.3 Å². The minimum atomic E-state index is -0.972. The molecule has 6 fully saturated rings. The van der Waals surface area contributed by atoms with Crippen LogP contribution in [0, 0.1) is 23.6 Å². The number of piperidine rings is 4. The summed E-state index contributed by atoms with van der Waals surface area (Å²) in [5.41, 5.74) is 3.38. The summed E-state index contributed by atoms with van der Waals surface area (Å²) in [6.07, 6.45) is 13.0. The average Bonchev–Trinajstić information content (AvgIpc) is 3.88. The summed E-state index contributed by atoms with van der Waals surface area (Å²) in [5.74, 6) is 0.301. The van der Waals surface area contributed by atoms with Gasteiger partial charge in [-0.05, 0) is 155 Å². The number of hydrogen-bond donors (Lipinski definition) is 3. The fourth-order valence-corrected chi connectivity index (χ4v) is 13.5. The molecule has 4 amide bonds. The number of amides is 4. The molecule has 17 heteroatoms. The number of likely N-dealkylation sites (tertiary alicyclic amines) is 2.